The third kappa shape index (κ3) is 5.27. The molecule has 1 aromatic rings. The largest absolute Gasteiger partial charge is 0.383 e. The minimum atomic E-state index is 0.820. The highest BCUT2D eigenvalue weighted by Crippen LogP contribution is 2.16. The lowest BCUT2D eigenvalue weighted by atomic mass is 9.97. The fourth-order valence-corrected chi connectivity index (χ4v) is 2.56. The fraction of sp³-hybridized carbons (Fsp3) is 0.667. The van der Waals surface area contributed by atoms with Crippen molar-refractivity contribution in [2.45, 2.75) is 19.4 Å². The van der Waals surface area contributed by atoms with Crippen molar-refractivity contribution in [1.82, 2.24) is 15.2 Å². The van der Waals surface area contributed by atoms with Crippen LogP contribution in [-0.2, 0) is 11.3 Å². The van der Waals surface area contributed by atoms with Gasteiger partial charge in [0.05, 0.1) is 6.61 Å². The van der Waals surface area contributed by atoms with Gasteiger partial charge in [0.15, 0.2) is 0 Å². The summed E-state index contributed by atoms with van der Waals surface area (Å²) in [6, 6.07) is 4.14. The van der Waals surface area contributed by atoms with Crippen molar-refractivity contribution < 1.29 is 4.74 Å². The van der Waals surface area contributed by atoms with Gasteiger partial charge in [-0.3, -0.25) is 4.98 Å². The molecule has 0 atom stereocenters. The quantitative estimate of drug-likeness (QED) is 0.809. The Kier molecular flexibility index (Phi) is 6.27. The molecule has 0 aliphatic carbocycles. The Morgan fingerprint density at radius 1 is 1.32 bits per heavy atom. The lowest BCUT2D eigenvalue weighted by molar-refractivity contribution is 0.120. The zero-order valence-corrected chi connectivity index (χ0v) is 11.8. The smallest absolute Gasteiger partial charge is 0.0589 e. The molecule has 0 radical (unpaired) electrons. The molecule has 1 N–H and O–H groups in total. The van der Waals surface area contributed by atoms with E-state index in [1.807, 2.05) is 12.4 Å². The van der Waals surface area contributed by atoms with E-state index in [-0.39, 0.29) is 0 Å². The predicted octanol–water partition coefficient (Wildman–Crippen LogP) is 1.53. The van der Waals surface area contributed by atoms with Crippen LogP contribution in [0, 0.1) is 5.92 Å². The fourth-order valence-electron chi connectivity index (χ4n) is 2.56. The van der Waals surface area contributed by atoms with Crippen LogP contribution in [0.3, 0.4) is 0 Å². The number of hydrogen-bond acceptors (Lipinski definition) is 4. The highest BCUT2D eigenvalue weighted by Gasteiger charge is 2.18. The minimum Gasteiger partial charge on any atom is -0.383 e. The van der Waals surface area contributed by atoms with Crippen molar-refractivity contribution in [2.75, 3.05) is 39.9 Å². The average molecular weight is 263 g/mol. The van der Waals surface area contributed by atoms with Crippen LogP contribution in [0.4, 0.5) is 0 Å². The summed E-state index contributed by atoms with van der Waals surface area (Å²) in [6.45, 7) is 6.43. The van der Waals surface area contributed by atoms with E-state index >= 15 is 0 Å². The molecule has 4 heteroatoms. The van der Waals surface area contributed by atoms with Crippen LogP contribution in [0.25, 0.3) is 0 Å². The molecule has 0 unspecified atom stereocenters. The lowest BCUT2D eigenvalue weighted by Gasteiger charge is -2.31. The van der Waals surface area contributed by atoms with Crippen molar-refractivity contribution >= 4 is 0 Å². The van der Waals surface area contributed by atoms with Crippen molar-refractivity contribution in [2.24, 2.45) is 5.92 Å². The predicted molar refractivity (Wildman–Crippen MR) is 77.0 cm³/mol. The molecule has 0 saturated carbocycles. The van der Waals surface area contributed by atoms with Crippen LogP contribution in [0.1, 0.15) is 18.4 Å². The van der Waals surface area contributed by atoms with Gasteiger partial charge < -0.3 is 15.0 Å². The number of hydrogen-bond donors (Lipinski definition) is 1. The van der Waals surface area contributed by atoms with Crippen molar-refractivity contribution in [3.8, 4) is 0 Å². The van der Waals surface area contributed by atoms with E-state index in [9.17, 15) is 0 Å². The summed E-state index contributed by atoms with van der Waals surface area (Å²) in [7, 11) is 1.77. The highest BCUT2D eigenvalue weighted by molar-refractivity contribution is 5.08. The van der Waals surface area contributed by atoms with Crippen LogP contribution >= 0.6 is 0 Å². The van der Waals surface area contributed by atoms with Gasteiger partial charge in [-0.15, -0.1) is 0 Å². The van der Waals surface area contributed by atoms with E-state index in [0.29, 0.717) is 0 Å². The van der Waals surface area contributed by atoms with Crippen LogP contribution in [-0.4, -0.2) is 49.8 Å². The average Bonchev–Trinajstić information content (AvgIpc) is 2.47. The molecule has 0 bridgehead atoms. The molecule has 19 heavy (non-hydrogen) atoms. The Hall–Kier alpha value is -0.970. The molecule has 2 heterocycles. The summed E-state index contributed by atoms with van der Waals surface area (Å²) in [5.74, 6) is 0.820. The normalized spacial score (nSPS) is 17.7. The number of ether oxygens (including phenoxy) is 1. The molecule has 4 nitrogen and oxygen atoms in total. The van der Waals surface area contributed by atoms with Gasteiger partial charge in [-0.1, -0.05) is 0 Å². The van der Waals surface area contributed by atoms with Crippen molar-refractivity contribution in [3.05, 3.63) is 30.1 Å². The van der Waals surface area contributed by atoms with Gasteiger partial charge >= 0.3 is 0 Å². The van der Waals surface area contributed by atoms with E-state index in [1.165, 1.54) is 31.5 Å². The summed E-state index contributed by atoms with van der Waals surface area (Å²) >= 11 is 0. The van der Waals surface area contributed by atoms with Gasteiger partial charge in [0.25, 0.3) is 0 Å². The second-order valence-electron chi connectivity index (χ2n) is 5.26. The van der Waals surface area contributed by atoms with E-state index in [4.69, 9.17) is 4.74 Å². The maximum atomic E-state index is 5.13. The number of nitrogens with one attached hydrogen (secondary N) is 1. The maximum Gasteiger partial charge on any atom is 0.0589 e. The SMILES string of the molecule is COCCN1CCC(CNCc2ccncc2)CC1. The first kappa shape index (κ1) is 14.4. The second-order valence-corrected chi connectivity index (χ2v) is 5.26. The molecule has 0 spiro atoms. The number of pyridine rings is 1. The van der Waals surface area contributed by atoms with Gasteiger partial charge in [-0.25, -0.2) is 0 Å². The molecule has 106 valence electrons. The Bertz CT molecular complexity index is 337. The number of nitrogens with zero attached hydrogens (tertiary/aromatic N) is 2. The van der Waals surface area contributed by atoms with E-state index in [2.05, 4.69) is 27.3 Å². The molecular formula is C15H25N3O. The zero-order valence-electron chi connectivity index (χ0n) is 11.8. The highest BCUT2D eigenvalue weighted by atomic mass is 16.5. The third-order valence-electron chi connectivity index (χ3n) is 3.83. The molecule has 0 aromatic carbocycles. The molecule has 1 aromatic heterocycles. The molecule has 1 fully saturated rings. The first-order valence-corrected chi connectivity index (χ1v) is 7.19. The van der Waals surface area contributed by atoms with Crippen molar-refractivity contribution in [1.29, 1.82) is 0 Å². The Balaban J connectivity index is 1.58. The van der Waals surface area contributed by atoms with Gasteiger partial charge in [0, 0.05) is 32.6 Å². The Morgan fingerprint density at radius 3 is 2.74 bits per heavy atom. The van der Waals surface area contributed by atoms with Crippen molar-refractivity contribution in [3.63, 3.8) is 0 Å². The first-order valence-electron chi connectivity index (χ1n) is 7.19. The van der Waals surface area contributed by atoms with Crippen LogP contribution in [0.2, 0.25) is 0 Å². The summed E-state index contributed by atoms with van der Waals surface area (Å²) in [4.78, 5) is 6.54. The Labute approximate surface area is 116 Å². The minimum absolute atomic E-state index is 0.820. The molecule has 1 aliphatic rings. The first-order chi connectivity index (χ1) is 9.38. The number of likely N-dealkylation sites (tertiary alicyclic amines) is 1. The summed E-state index contributed by atoms with van der Waals surface area (Å²) in [5.41, 5.74) is 1.31. The van der Waals surface area contributed by atoms with E-state index in [1.54, 1.807) is 7.11 Å². The van der Waals surface area contributed by atoms with Crippen LogP contribution < -0.4 is 5.32 Å². The van der Waals surface area contributed by atoms with Gasteiger partial charge in [0.2, 0.25) is 0 Å². The van der Waals surface area contributed by atoms with Gasteiger partial charge in [0.1, 0.15) is 0 Å². The monoisotopic (exact) mass is 263 g/mol. The second kappa shape index (κ2) is 8.25. The van der Waals surface area contributed by atoms with E-state index < -0.39 is 0 Å². The lowest BCUT2D eigenvalue weighted by Crippen LogP contribution is -2.38. The molecular weight excluding hydrogens is 238 g/mol. The van der Waals surface area contributed by atoms with Gasteiger partial charge in [-0.05, 0) is 56.1 Å². The Morgan fingerprint density at radius 2 is 2.05 bits per heavy atom. The van der Waals surface area contributed by atoms with Crippen LogP contribution in [0.15, 0.2) is 24.5 Å². The number of methoxy groups -OCH3 is 1. The molecule has 0 amide bonds. The maximum absolute atomic E-state index is 5.13. The number of aromatic nitrogens is 1. The molecule has 2 rings (SSSR count). The third-order valence-corrected chi connectivity index (χ3v) is 3.83. The standard InChI is InChI=1S/C15H25N3O/c1-19-11-10-18-8-4-15(5-9-18)13-17-12-14-2-6-16-7-3-14/h2-3,6-7,15,17H,4-5,8-13H2,1H3. The van der Waals surface area contributed by atoms with Gasteiger partial charge in [-0.2, -0.15) is 0 Å². The summed E-state index contributed by atoms with van der Waals surface area (Å²) in [6.07, 6.45) is 6.30. The van der Waals surface area contributed by atoms with Crippen LogP contribution in [0.5, 0.6) is 0 Å². The number of rotatable bonds is 7. The topological polar surface area (TPSA) is 37.4 Å². The molecule has 1 aliphatic heterocycles. The zero-order chi connectivity index (χ0) is 13.3. The number of piperidine rings is 1. The summed E-state index contributed by atoms with van der Waals surface area (Å²) < 4.78 is 5.13. The molecule has 1 saturated heterocycles. The van der Waals surface area contributed by atoms with E-state index in [0.717, 1.165) is 32.2 Å². The summed E-state index contributed by atoms with van der Waals surface area (Å²) in [5, 5.41) is 3.56.